The summed E-state index contributed by atoms with van der Waals surface area (Å²) in [7, 11) is -0.834. The maximum Gasteiger partial charge on any atom is 0.249 e. The second-order valence-corrected chi connectivity index (χ2v) is 9.92. The highest BCUT2D eigenvalue weighted by atomic mass is 32.2. The molecule has 0 saturated heterocycles. The van der Waals surface area contributed by atoms with E-state index in [2.05, 4.69) is 15.5 Å². The third-order valence-electron chi connectivity index (χ3n) is 3.61. The van der Waals surface area contributed by atoms with E-state index in [1.165, 1.54) is 50.3 Å². The number of nitrogens with one attached hydrogen (secondary N) is 1. The molecule has 2 aromatic rings. The van der Waals surface area contributed by atoms with Crippen molar-refractivity contribution in [2.45, 2.75) is 24.2 Å². The second kappa shape index (κ2) is 9.43. The first-order valence-electron chi connectivity index (χ1n) is 8.19. The standard InChI is InChI=1S/C16H22N4O5S3/c1-6-26-16-19-18-15(27-16)17-14(21)10(2)20(28(5,22)23)11-7-8-12(24-3)13(9-11)25-4/h7-10H,6H2,1-5H3,(H,17,18,21)/t10-/m0/s1. The van der Waals surface area contributed by atoms with Gasteiger partial charge in [-0.25, -0.2) is 8.42 Å². The summed E-state index contributed by atoms with van der Waals surface area (Å²) in [5, 5.41) is 10.8. The third-order valence-corrected chi connectivity index (χ3v) is 6.71. The van der Waals surface area contributed by atoms with Gasteiger partial charge in [0.25, 0.3) is 0 Å². The quantitative estimate of drug-likeness (QED) is 0.462. The number of benzene rings is 1. The van der Waals surface area contributed by atoms with Crippen molar-refractivity contribution >= 4 is 49.8 Å². The summed E-state index contributed by atoms with van der Waals surface area (Å²) < 4.78 is 37.0. The predicted octanol–water partition coefficient (Wildman–Crippen LogP) is 2.46. The second-order valence-electron chi connectivity index (χ2n) is 5.57. The number of thioether (sulfide) groups is 1. The van der Waals surface area contributed by atoms with Gasteiger partial charge in [-0.1, -0.05) is 30.0 Å². The van der Waals surface area contributed by atoms with E-state index in [1.54, 1.807) is 12.1 Å². The fraction of sp³-hybridized carbons (Fsp3) is 0.438. The number of methoxy groups -OCH3 is 2. The van der Waals surface area contributed by atoms with Crippen molar-refractivity contribution in [2.24, 2.45) is 0 Å². The van der Waals surface area contributed by atoms with Crippen molar-refractivity contribution in [2.75, 3.05) is 35.9 Å². The average Bonchev–Trinajstić information content (AvgIpc) is 3.07. The van der Waals surface area contributed by atoms with Crippen LogP contribution in [0.5, 0.6) is 11.5 Å². The van der Waals surface area contributed by atoms with Gasteiger partial charge in [0.05, 0.1) is 26.2 Å². The molecule has 1 aromatic carbocycles. The van der Waals surface area contributed by atoms with Crippen LogP contribution in [0.1, 0.15) is 13.8 Å². The number of nitrogens with zero attached hydrogens (tertiary/aromatic N) is 3. The number of hydrogen-bond acceptors (Lipinski definition) is 9. The molecule has 0 unspecified atom stereocenters. The van der Waals surface area contributed by atoms with Crippen LogP contribution in [-0.4, -0.2) is 56.8 Å². The Bertz CT molecular complexity index is 932. The lowest BCUT2D eigenvalue weighted by Crippen LogP contribution is -2.45. The van der Waals surface area contributed by atoms with Crippen molar-refractivity contribution in [3.05, 3.63) is 18.2 Å². The largest absolute Gasteiger partial charge is 0.493 e. The Morgan fingerprint density at radius 3 is 2.54 bits per heavy atom. The maximum atomic E-state index is 12.7. The molecular formula is C16H22N4O5S3. The first-order chi connectivity index (χ1) is 13.2. The highest BCUT2D eigenvalue weighted by molar-refractivity contribution is 8.01. The summed E-state index contributed by atoms with van der Waals surface area (Å²) in [4.78, 5) is 12.7. The number of amides is 1. The molecular weight excluding hydrogens is 424 g/mol. The summed E-state index contributed by atoms with van der Waals surface area (Å²) in [5.74, 6) is 1.11. The molecule has 2 rings (SSSR count). The van der Waals surface area contributed by atoms with Gasteiger partial charge in [0, 0.05) is 6.07 Å². The van der Waals surface area contributed by atoms with Gasteiger partial charge >= 0.3 is 0 Å². The summed E-state index contributed by atoms with van der Waals surface area (Å²) in [6.07, 6.45) is 1.04. The van der Waals surface area contributed by atoms with Crippen molar-refractivity contribution in [1.29, 1.82) is 0 Å². The number of rotatable bonds is 9. The van der Waals surface area contributed by atoms with E-state index in [9.17, 15) is 13.2 Å². The van der Waals surface area contributed by atoms with E-state index < -0.39 is 22.0 Å². The van der Waals surface area contributed by atoms with E-state index in [0.29, 0.717) is 16.6 Å². The predicted molar refractivity (Wildman–Crippen MR) is 111 cm³/mol. The number of sulfonamides is 1. The first-order valence-corrected chi connectivity index (χ1v) is 11.8. The minimum atomic E-state index is -3.76. The van der Waals surface area contributed by atoms with E-state index >= 15 is 0 Å². The Labute approximate surface area is 172 Å². The zero-order valence-electron chi connectivity index (χ0n) is 16.1. The van der Waals surface area contributed by atoms with Crippen LogP contribution in [0.4, 0.5) is 10.8 Å². The van der Waals surface area contributed by atoms with Gasteiger partial charge in [0.15, 0.2) is 15.8 Å². The number of anilines is 2. The van der Waals surface area contributed by atoms with Gasteiger partial charge in [0.2, 0.25) is 21.1 Å². The molecule has 1 atom stereocenters. The van der Waals surface area contributed by atoms with Crippen molar-refractivity contribution in [3.8, 4) is 11.5 Å². The van der Waals surface area contributed by atoms with E-state index in [0.717, 1.165) is 20.7 Å². The molecule has 1 amide bonds. The van der Waals surface area contributed by atoms with Gasteiger partial charge < -0.3 is 9.47 Å². The van der Waals surface area contributed by atoms with Crippen molar-refractivity contribution in [3.63, 3.8) is 0 Å². The van der Waals surface area contributed by atoms with Gasteiger partial charge in [-0.15, -0.1) is 10.2 Å². The average molecular weight is 447 g/mol. The molecule has 0 aliphatic heterocycles. The smallest absolute Gasteiger partial charge is 0.249 e. The molecule has 0 spiro atoms. The van der Waals surface area contributed by atoms with Gasteiger partial charge in [-0.05, 0) is 24.8 Å². The van der Waals surface area contributed by atoms with Crippen molar-refractivity contribution < 1.29 is 22.7 Å². The molecule has 0 saturated carbocycles. The zero-order chi connectivity index (χ0) is 20.9. The molecule has 0 radical (unpaired) electrons. The fourth-order valence-electron chi connectivity index (χ4n) is 2.42. The molecule has 0 fully saturated rings. The van der Waals surface area contributed by atoms with Gasteiger partial charge in [-0.3, -0.25) is 14.4 Å². The SMILES string of the molecule is CCSc1nnc(NC(=O)[C@H](C)N(c2ccc(OC)c(OC)c2)S(C)(=O)=O)s1. The molecule has 0 bridgehead atoms. The number of aromatic nitrogens is 2. The molecule has 28 heavy (non-hydrogen) atoms. The summed E-state index contributed by atoms with van der Waals surface area (Å²) >= 11 is 2.74. The summed E-state index contributed by atoms with van der Waals surface area (Å²) in [6, 6.07) is 3.60. The third kappa shape index (κ3) is 5.26. The van der Waals surface area contributed by atoms with Crippen LogP contribution in [0.3, 0.4) is 0 Å². The summed E-state index contributed by atoms with van der Waals surface area (Å²) in [5.41, 5.74) is 0.280. The lowest BCUT2D eigenvalue weighted by molar-refractivity contribution is -0.116. The molecule has 12 heteroatoms. The highest BCUT2D eigenvalue weighted by Crippen LogP contribution is 2.33. The minimum absolute atomic E-state index is 0.280. The van der Waals surface area contributed by atoms with Crippen LogP contribution >= 0.6 is 23.1 Å². The zero-order valence-corrected chi connectivity index (χ0v) is 18.6. The summed E-state index contributed by atoms with van der Waals surface area (Å²) in [6.45, 7) is 3.48. The van der Waals surface area contributed by atoms with Gasteiger partial charge in [0.1, 0.15) is 6.04 Å². The highest BCUT2D eigenvalue weighted by Gasteiger charge is 2.30. The van der Waals surface area contributed by atoms with Gasteiger partial charge in [-0.2, -0.15) is 0 Å². The maximum absolute atomic E-state index is 12.7. The van der Waals surface area contributed by atoms with Crippen LogP contribution in [0.25, 0.3) is 0 Å². The van der Waals surface area contributed by atoms with Crippen molar-refractivity contribution in [1.82, 2.24) is 10.2 Å². The van der Waals surface area contributed by atoms with Crippen LogP contribution in [0.2, 0.25) is 0 Å². The lowest BCUT2D eigenvalue weighted by atomic mass is 10.2. The lowest BCUT2D eigenvalue weighted by Gasteiger charge is -2.28. The van der Waals surface area contributed by atoms with Crippen LogP contribution in [0.15, 0.2) is 22.5 Å². The Balaban J connectivity index is 2.30. The van der Waals surface area contributed by atoms with E-state index in [-0.39, 0.29) is 5.69 Å². The molecule has 1 heterocycles. The van der Waals surface area contributed by atoms with Crippen LogP contribution in [0, 0.1) is 0 Å². The number of hydrogen-bond donors (Lipinski definition) is 1. The number of carbonyl (C=O) groups excluding carboxylic acids is 1. The molecule has 154 valence electrons. The molecule has 0 aliphatic carbocycles. The molecule has 9 nitrogen and oxygen atoms in total. The Morgan fingerprint density at radius 2 is 1.96 bits per heavy atom. The van der Waals surface area contributed by atoms with E-state index in [4.69, 9.17) is 9.47 Å². The number of carbonyl (C=O) groups is 1. The topological polar surface area (TPSA) is 111 Å². The normalized spacial score (nSPS) is 12.3. The van der Waals surface area contributed by atoms with Crippen LogP contribution < -0.4 is 19.1 Å². The van der Waals surface area contributed by atoms with Crippen LogP contribution in [-0.2, 0) is 14.8 Å². The fourth-order valence-corrected chi connectivity index (χ4v) is 5.24. The molecule has 1 N–H and O–H groups in total. The Kier molecular flexibility index (Phi) is 7.49. The Hall–Kier alpha value is -2.05. The van der Waals surface area contributed by atoms with E-state index in [1.807, 2.05) is 6.92 Å². The first kappa shape index (κ1) is 22.2. The number of ether oxygens (including phenoxy) is 2. The monoisotopic (exact) mass is 446 g/mol. The Morgan fingerprint density at radius 1 is 1.29 bits per heavy atom. The minimum Gasteiger partial charge on any atom is -0.493 e. The molecule has 0 aliphatic rings. The molecule has 1 aromatic heterocycles.